The number of ether oxygens (including phenoxy) is 1. The molecule has 1 N–H and O–H groups in total. The Labute approximate surface area is 121 Å². The highest BCUT2D eigenvalue weighted by molar-refractivity contribution is 5.34. The third-order valence-electron chi connectivity index (χ3n) is 3.49. The predicted molar refractivity (Wildman–Crippen MR) is 81.1 cm³/mol. The predicted octanol–water partition coefficient (Wildman–Crippen LogP) is 3.89. The lowest BCUT2D eigenvalue weighted by Crippen LogP contribution is -2.10. The lowest BCUT2D eigenvalue weighted by molar-refractivity contribution is 0.302. The zero-order valence-electron chi connectivity index (χ0n) is 12.7. The summed E-state index contributed by atoms with van der Waals surface area (Å²) < 4.78 is 11.6. The average Bonchev–Trinajstić information content (AvgIpc) is 2.78. The fraction of sp³-hybridized carbons (Fsp3) is 0.412. The standard InChI is InChI=1S/C17H23NO2/c1-5-18-10-17-9-15(14(4)20-17)11-19-16-7-6-12(2)13(3)8-16/h6-9,18H,5,10-11H2,1-4H3. The Balaban J connectivity index is 1.99. The van der Waals surface area contributed by atoms with Crippen LogP contribution >= 0.6 is 0 Å². The largest absolute Gasteiger partial charge is 0.489 e. The number of hydrogen-bond donors (Lipinski definition) is 1. The first-order valence-corrected chi connectivity index (χ1v) is 7.09. The first-order chi connectivity index (χ1) is 9.60. The molecule has 0 saturated heterocycles. The minimum absolute atomic E-state index is 0.546. The highest BCUT2D eigenvalue weighted by Gasteiger charge is 2.08. The van der Waals surface area contributed by atoms with Gasteiger partial charge in [0.25, 0.3) is 0 Å². The fourth-order valence-corrected chi connectivity index (χ4v) is 2.03. The molecule has 0 aliphatic heterocycles. The molecule has 0 aliphatic carbocycles. The second kappa shape index (κ2) is 6.62. The van der Waals surface area contributed by atoms with Crippen LogP contribution in [0.4, 0.5) is 0 Å². The van der Waals surface area contributed by atoms with Gasteiger partial charge in [0.1, 0.15) is 23.9 Å². The lowest BCUT2D eigenvalue weighted by Gasteiger charge is -2.07. The fourth-order valence-electron chi connectivity index (χ4n) is 2.03. The van der Waals surface area contributed by atoms with Gasteiger partial charge < -0.3 is 14.5 Å². The van der Waals surface area contributed by atoms with E-state index in [4.69, 9.17) is 9.15 Å². The van der Waals surface area contributed by atoms with Crippen molar-refractivity contribution in [2.24, 2.45) is 0 Å². The molecule has 0 aliphatic rings. The van der Waals surface area contributed by atoms with E-state index in [2.05, 4.69) is 44.3 Å². The minimum Gasteiger partial charge on any atom is -0.489 e. The molecular formula is C17H23NO2. The van der Waals surface area contributed by atoms with E-state index in [-0.39, 0.29) is 0 Å². The van der Waals surface area contributed by atoms with Crippen LogP contribution in [0.3, 0.4) is 0 Å². The average molecular weight is 273 g/mol. The molecule has 1 aromatic heterocycles. The molecule has 2 rings (SSSR count). The third kappa shape index (κ3) is 3.64. The quantitative estimate of drug-likeness (QED) is 0.867. The summed E-state index contributed by atoms with van der Waals surface area (Å²) in [7, 11) is 0. The van der Waals surface area contributed by atoms with Crippen molar-refractivity contribution in [3.8, 4) is 5.75 Å². The van der Waals surface area contributed by atoms with Crippen LogP contribution in [0.25, 0.3) is 0 Å². The summed E-state index contributed by atoms with van der Waals surface area (Å²) in [6.07, 6.45) is 0. The van der Waals surface area contributed by atoms with E-state index in [1.165, 1.54) is 11.1 Å². The molecule has 0 amide bonds. The van der Waals surface area contributed by atoms with Crippen molar-refractivity contribution >= 4 is 0 Å². The van der Waals surface area contributed by atoms with E-state index in [1.807, 2.05) is 13.0 Å². The molecule has 0 radical (unpaired) electrons. The van der Waals surface area contributed by atoms with E-state index in [0.29, 0.717) is 6.61 Å². The smallest absolute Gasteiger partial charge is 0.120 e. The molecule has 3 heteroatoms. The maximum Gasteiger partial charge on any atom is 0.120 e. The monoisotopic (exact) mass is 273 g/mol. The van der Waals surface area contributed by atoms with Crippen LogP contribution in [0.15, 0.2) is 28.7 Å². The summed E-state index contributed by atoms with van der Waals surface area (Å²) >= 11 is 0. The number of aryl methyl sites for hydroxylation is 3. The van der Waals surface area contributed by atoms with Gasteiger partial charge >= 0.3 is 0 Å². The Hall–Kier alpha value is -1.74. The summed E-state index contributed by atoms with van der Waals surface area (Å²) in [6.45, 7) is 10.5. The maximum absolute atomic E-state index is 5.85. The molecule has 1 heterocycles. The van der Waals surface area contributed by atoms with Crippen molar-refractivity contribution in [2.45, 2.75) is 40.8 Å². The highest BCUT2D eigenvalue weighted by Crippen LogP contribution is 2.20. The molecule has 108 valence electrons. The van der Waals surface area contributed by atoms with Crippen LogP contribution in [0.1, 0.15) is 35.1 Å². The van der Waals surface area contributed by atoms with Gasteiger partial charge in [0, 0.05) is 5.56 Å². The maximum atomic E-state index is 5.85. The van der Waals surface area contributed by atoms with Crippen molar-refractivity contribution < 1.29 is 9.15 Å². The van der Waals surface area contributed by atoms with Gasteiger partial charge in [0.15, 0.2) is 0 Å². The zero-order valence-corrected chi connectivity index (χ0v) is 12.7. The van der Waals surface area contributed by atoms with E-state index in [1.54, 1.807) is 0 Å². The summed E-state index contributed by atoms with van der Waals surface area (Å²) in [4.78, 5) is 0. The van der Waals surface area contributed by atoms with Crippen LogP contribution < -0.4 is 10.1 Å². The molecule has 0 atom stereocenters. The molecule has 0 spiro atoms. The number of hydrogen-bond acceptors (Lipinski definition) is 3. The molecule has 0 fully saturated rings. The second-order valence-corrected chi connectivity index (χ2v) is 5.11. The van der Waals surface area contributed by atoms with Crippen LogP contribution in [-0.2, 0) is 13.2 Å². The van der Waals surface area contributed by atoms with Gasteiger partial charge in [-0.05, 0) is 56.6 Å². The zero-order chi connectivity index (χ0) is 14.5. The third-order valence-corrected chi connectivity index (χ3v) is 3.49. The van der Waals surface area contributed by atoms with Crippen molar-refractivity contribution in [1.82, 2.24) is 5.32 Å². The Morgan fingerprint density at radius 3 is 2.60 bits per heavy atom. The molecule has 3 nitrogen and oxygen atoms in total. The number of rotatable bonds is 6. The van der Waals surface area contributed by atoms with Crippen molar-refractivity contribution in [2.75, 3.05) is 6.54 Å². The lowest BCUT2D eigenvalue weighted by atomic mass is 10.1. The Bertz CT molecular complexity index is 572. The summed E-state index contributed by atoms with van der Waals surface area (Å²) in [6, 6.07) is 8.24. The molecule has 0 saturated carbocycles. The van der Waals surface area contributed by atoms with Gasteiger partial charge in [-0.3, -0.25) is 0 Å². The van der Waals surface area contributed by atoms with Crippen molar-refractivity contribution in [1.29, 1.82) is 0 Å². The Kier molecular flexibility index (Phi) is 4.85. The molecule has 20 heavy (non-hydrogen) atoms. The van der Waals surface area contributed by atoms with Gasteiger partial charge in [0.05, 0.1) is 6.54 Å². The van der Waals surface area contributed by atoms with Crippen molar-refractivity contribution in [3.63, 3.8) is 0 Å². The SMILES string of the molecule is CCNCc1cc(COc2ccc(C)c(C)c2)c(C)o1. The molecular weight excluding hydrogens is 250 g/mol. The summed E-state index contributed by atoms with van der Waals surface area (Å²) in [5.74, 6) is 2.80. The van der Waals surface area contributed by atoms with Crippen LogP contribution in [0.2, 0.25) is 0 Å². The van der Waals surface area contributed by atoms with Gasteiger partial charge in [-0.15, -0.1) is 0 Å². The molecule has 2 aromatic rings. The second-order valence-electron chi connectivity index (χ2n) is 5.11. The van der Waals surface area contributed by atoms with E-state index < -0.39 is 0 Å². The van der Waals surface area contributed by atoms with Crippen molar-refractivity contribution in [3.05, 3.63) is 52.5 Å². The van der Waals surface area contributed by atoms with Gasteiger partial charge in [-0.25, -0.2) is 0 Å². The topological polar surface area (TPSA) is 34.4 Å². The first-order valence-electron chi connectivity index (χ1n) is 7.09. The van der Waals surface area contributed by atoms with E-state index in [9.17, 15) is 0 Å². The molecule has 0 bridgehead atoms. The van der Waals surface area contributed by atoms with Gasteiger partial charge in [0.2, 0.25) is 0 Å². The highest BCUT2D eigenvalue weighted by atomic mass is 16.5. The van der Waals surface area contributed by atoms with Gasteiger partial charge in [-0.2, -0.15) is 0 Å². The van der Waals surface area contributed by atoms with E-state index >= 15 is 0 Å². The normalized spacial score (nSPS) is 10.8. The summed E-state index contributed by atoms with van der Waals surface area (Å²) in [5.41, 5.74) is 3.64. The van der Waals surface area contributed by atoms with E-state index in [0.717, 1.165) is 35.9 Å². The molecule has 0 unspecified atom stereocenters. The number of furan rings is 1. The minimum atomic E-state index is 0.546. The number of benzene rings is 1. The van der Waals surface area contributed by atoms with Crippen LogP contribution in [0.5, 0.6) is 5.75 Å². The molecule has 1 aromatic carbocycles. The van der Waals surface area contributed by atoms with Gasteiger partial charge in [-0.1, -0.05) is 13.0 Å². The summed E-state index contributed by atoms with van der Waals surface area (Å²) in [5, 5.41) is 3.26. The van der Waals surface area contributed by atoms with Crippen LogP contribution in [-0.4, -0.2) is 6.54 Å². The first kappa shape index (κ1) is 14.7. The Morgan fingerprint density at radius 2 is 1.90 bits per heavy atom. The Morgan fingerprint density at radius 1 is 1.10 bits per heavy atom. The number of nitrogens with one attached hydrogen (secondary N) is 1. The van der Waals surface area contributed by atoms with Crippen LogP contribution in [0, 0.1) is 20.8 Å².